The smallest absolute Gasteiger partial charge is 0.308 e. The molecule has 2 atom stereocenters. The van der Waals surface area contributed by atoms with Gasteiger partial charge in [0.15, 0.2) is 23.0 Å². The lowest BCUT2D eigenvalue weighted by Gasteiger charge is -2.32. The molecule has 0 amide bonds. The molecular weight excluding hydrogens is 376 g/mol. The van der Waals surface area contributed by atoms with Crippen LogP contribution in [-0.4, -0.2) is 43.3 Å². The Hall–Kier alpha value is -3.32. The van der Waals surface area contributed by atoms with E-state index in [1.54, 1.807) is 30.3 Å². The summed E-state index contributed by atoms with van der Waals surface area (Å²) in [6.45, 7) is 1.02. The molecule has 0 aromatic heterocycles. The molecule has 0 saturated heterocycles. The van der Waals surface area contributed by atoms with E-state index in [2.05, 4.69) is 0 Å². The minimum Gasteiger partial charge on any atom is -0.504 e. The third-order valence-electron chi connectivity index (χ3n) is 5.01. The van der Waals surface area contributed by atoms with Crippen LogP contribution in [0.4, 0.5) is 0 Å². The molecule has 1 aliphatic carbocycles. The van der Waals surface area contributed by atoms with E-state index in [1.165, 1.54) is 27.2 Å². The highest BCUT2D eigenvalue weighted by atomic mass is 16.6. The van der Waals surface area contributed by atoms with Crippen LogP contribution in [0, 0.1) is 5.92 Å². The van der Waals surface area contributed by atoms with E-state index >= 15 is 0 Å². The summed E-state index contributed by atoms with van der Waals surface area (Å²) in [5.41, 5.74) is 2.62. The topological polar surface area (TPSA) is 102 Å². The molecule has 3 rings (SSSR count). The summed E-state index contributed by atoms with van der Waals surface area (Å²) in [5, 5.41) is 20.0. The molecule has 0 unspecified atom stereocenters. The van der Waals surface area contributed by atoms with Gasteiger partial charge in [-0.1, -0.05) is 6.07 Å². The maximum absolute atomic E-state index is 11.7. The van der Waals surface area contributed by atoms with Crippen molar-refractivity contribution in [2.75, 3.05) is 20.8 Å². The Morgan fingerprint density at radius 2 is 1.83 bits per heavy atom. The van der Waals surface area contributed by atoms with Crippen LogP contribution < -0.4 is 14.2 Å². The van der Waals surface area contributed by atoms with Gasteiger partial charge in [0, 0.05) is 18.8 Å². The van der Waals surface area contributed by atoms with Gasteiger partial charge in [-0.3, -0.25) is 9.59 Å². The molecule has 2 N–H and O–H groups in total. The second-order valence-electron chi connectivity index (χ2n) is 6.69. The Morgan fingerprint density at radius 3 is 2.41 bits per heavy atom. The Labute approximate surface area is 168 Å². The molecule has 152 valence electrons. The molecular formula is C22H22O7. The third-order valence-corrected chi connectivity index (χ3v) is 5.01. The van der Waals surface area contributed by atoms with Crippen LogP contribution in [0.15, 0.2) is 35.9 Å². The molecule has 2 aromatic rings. The highest BCUT2D eigenvalue weighted by Gasteiger charge is 2.34. The first-order valence-corrected chi connectivity index (χ1v) is 8.98. The Morgan fingerprint density at radius 1 is 1.10 bits per heavy atom. The van der Waals surface area contributed by atoms with Gasteiger partial charge in [0.2, 0.25) is 0 Å². The predicted octanol–water partition coefficient (Wildman–Crippen LogP) is 2.67. The van der Waals surface area contributed by atoms with Crippen molar-refractivity contribution >= 4 is 18.3 Å². The standard InChI is InChI=1S/C22H22O7/c1-12(25)29-21-9-16-14(8-20(21)28-3)6-15(10-23)17(11-24)22(16)13-4-5-18(26)19(7-13)27-2/h4-10,17,22,24,26H,11H2,1-3H3/t17-,22-/m0/s1. The molecule has 0 spiro atoms. The Bertz CT molecular complexity index is 977. The summed E-state index contributed by atoms with van der Waals surface area (Å²) in [4.78, 5) is 23.2. The lowest BCUT2D eigenvalue weighted by atomic mass is 9.72. The first-order valence-electron chi connectivity index (χ1n) is 8.98. The fourth-order valence-corrected chi connectivity index (χ4v) is 3.71. The van der Waals surface area contributed by atoms with Crippen molar-refractivity contribution in [1.29, 1.82) is 0 Å². The van der Waals surface area contributed by atoms with Gasteiger partial charge >= 0.3 is 5.97 Å². The molecule has 0 aliphatic heterocycles. The summed E-state index contributed by atoms with van der Waals surface area (Å²) in [5.74, 6) is -0.600. The molecule has 0 fully saturated rings. The number of phenols is 1. The zero-order valence-electron chi connectivity index (χ0n) is 16.3. The molecule has 29 heavy (non-hydrogen) atoms. The summed E-state index contributed by atoms with van der Waals surface area (Å²) in [6, 6.07) is 8.24. The SMILES string of the molecule is COc1cc([C@H]2c3cc(OC(C)=O)c(OC)cc3C=C(C=O)[C@@H]2CO)ccc1O. The number of hydrogen-bond donors (Lipinski definition) is 2. The number of carbonyl (C=O) groups excluding carboxylic acids is 2. The van der Waals surface area contributed by atoms with Crippen molar-refractivity contribution in [3.05, 3.63) is 52.6 Å². The molecule has 7 heteroatoms. The number of fused-ring (bicyclic) bond motifs is 1. The summed E-state index contributed by atoms with van der Waals surface area (Å²) in [6.07, 6.45) is 2.42. The van der Waals surface area contributed by atoms with Crippen molar-refractivity contribution in [2.24, 2.45) is 5.92 Å². The first-order chi connectivity index (χ1) is 13.9. The number of methoxy groups -OCH3 is 2. The van der Waals surface area contributed by atoms with Crippen LogP contribution in [0.3, 0.4) is 0 Å². The van der Waals surface area contributed by atoms with Crippen LogP contribution in [0.2, 0.25) is 0 Å². The number of carbonyl (C=O) groups is 2. The van der Waals surface area contributed by atoms with Crippen molar-refractivity contribution in [3.63, 3.8) is 0 Å². The fraction of sp³-hybridized carbons (Fsp3) is 0.273. The van der Waals surface area contributed by atoms with E-state index in [0.29, 0.717) is 16.9 Å². The van der Waals surface area contributed by atoms with E-state index in [1.807, 2.05) is 0 Å². The van der Waals surface area contributed by atoms with Crippen LogP contribution >= 0.6 is 0 Å². The minimum atomic E-state index is -0.521. The lowest BCUT2D eigenvalue weighted by Crippen LogP contribution is -2.25. The van der Waals surface area contributed by atoms with Crippen molar-refractivity contribution in [1.82, 2.24) is 0 Å². The largest absolute Gasteiger partial charge is 0.504 e. The number of rotatable bonds is 6. The van der Waals surface area contributed by atoms with E-state index in [4.69, 9.17) is 14.2 Å². The number of aliphatic hydroxyl groups is 1. The first kappa shape index (κ1) is 20.4. The number of aldehydes is 1. The second-order valence-corrected chi connectivity index (χ2v) is 6.69. The zero-order chi connectivity index (χ0) is 21.1. The van der Waals surface area contributed by atoms with Crippen LogP contribution in [0.5, 0.6) is 23.0 Å². The van der Waals surface area contributed by atoms with Gasteiger partial charge in [-0.15, -0.1) is 0 Å². The average molecular weight is 398 g/mol. The van der Waals surface area contributed by atoms with Gasteiger partial charge in [0.25, 0.3) is 0 Å². The van der Waals surface area contributed by atoms with E-state index < -0.39 is 17.8 Å². The molecule has 0 bridgehead atoms. The average Bonchev–Trinajstić information content (AvgIpc) is 2.71. The van der Waals surface area contributed by atoms with Gasteiger partial charge in [0.1, 0.15) is 6.29 Å². The molecule has 2 aromatic carbocycles. The Kier molecular flexibility index (Phi) is 5.89. The predicted molar refractivity (Wildman–Crippen MR) is 105 cm³/mol. The number of ether oxygens (including phenoxy) is 3. The number of benzene rings is 2. The van der Waals surface area contributed by atoms with E-state index in [0.717, 1.165) is 17.4 Å². The number of aromatic hydroxyl groups is 1. The molecule has 0 radical (unpaired) electrons. The number of phenolic OH excluding ortho intramolecular Hbond substituents is 1. The summed E-state index contributed by atoms with van der Waals surface area (Å²) >= 11 is 0. The highest BCUT2D eigenvalue weighted by molar-refractivity contribution is 5.86. The third kappa shape index (κ3) is 3.82. The quantitative estimate of drug-likeness (QED) is 0.438. The fourth-order valence-electron chi connectivity index (χ4n) is 3.71. The number of esters is 1. The van der Waals surface area contributed by atoms with E-state index in [-0.39, 0.29) is 23.9 Å². The van der Waals surface area contributed by atoms with Crippen LogP contribution in [-0.2, 0) is 9.59 Å². The normalized spacial score (nSPS) is 17.7. The summed E-state index contributed by atoms with van der Waals surface area (Å²) < 4.78 is 15.8. The maximum Gasteiger partial charge on any atom is 0.308 e. The Balaban J connectivity index is 2.26. The maximum atomic E-state index is 11.7. The van der Waals surface area contributed by atoms with Crippen molar-refractivity contribution in [3.8, 4) is 23.0 Å². The van der Waals surface area contributed by atoms with E-state index in [9.17, 15) is 19.8 Å². The zero-order valence-corrected chi connectivity index (χ0v) is 16.3. The minimum absolute atomic E-state index is 0.0192. The monoisotopic (exact) mass is 398 g/mol. The number of hydrogen-bond acceptors (Lipinski definition) is 7. The molecule has 7 nitrogen and oxygen atoms in total. The summed E-state index contributed by atoms with van der Waals surface area (Å²) in [7, 11) is 2.90. The van der Waals surface area contributed by atoms with Gasteiger partial charge < -0.3 is 24.4 Å². The number of aliphatic hydroxyl groups excluding tert-OH is 1. The highest BCUT2D eigenvalue weighted by Crippen LogP contribution is 2.47. The lowest BCUT2D eigenvalue weighted by molar-refractivity contribution is -0.132. The van der Waals surface area contributed by atoms with Gasteiger partial charge in [0.05, 0.1) is 20.8 Å². The molecule has 0 heterocycles. The van der Waals surface area contributed by atoms with Gasteiger partial charge in [-0.25, -0.2) is 0 Å². The van der Waals surface area contributed by atoms with Crippen LogP contribution in [0.25, 0.3) is 6.08 Å². The molecule has 1 aliphatic rings. The van der Waals surface area contributed by atoms with Gasteiger partial charge in [-0.2, -0.15) is 0 Å². The van der Waals surface area contributed by atoms with Crippen molar-refractivity contribution in [2.45, 2.75) is 12.8 Å². The second kappa shape index (κ2) is 8.36. The van der Waals surface area contributed by atoms with Crippen LogP contribution in [0.1, 0.15) is 29.5 Å². The van der Waals surface area contributed by atoms with Crippen molar-refractivity contribution < 1.29 is 34.0 Å². The molecule has 0 saturated carbocycles. The van der Waals surface area contributed by atoms with Gasteiger partial charge in [-0.05, 0) is 52.6 Å².